The number of para-hydroxylation sites is 2. The Morgan fingerprint density at radius 3 is 2.34 bits per heavy atom. The van der Waals surface area contributed by atoms with Crippen LogP contribution in [0.4, 0.5) is 5.95 Å². The molecule has 3 fully saturated rings. The molecule has 4 aromatic rings. The first-order valence-corrected chi connectivity index (χ1v) is 18.4. The standard InChI is InChI=1S/C22H25N7O11P2S2/c23-22-26-18-13(19(32)27-22)25-8-29(18)21-17-14(30)11(37-21)5-35-41(33,43)39-16-12(6-36-42(34,44)40-17)38-20(15(16)31)28-7-24-9-3-1-2-4-10(9)28/h1-4,7-8,11-12,14-17,20-21,30-31H,5-6H2,(H,33,43)(H,34,44)(H3,23,26,27,32)/t11-,12-,14?,15?,16?,17?,20-,21-,41?,42?/m1/s1. The number of benzene rings is 1. The summed E-state index contributed by atoms with van der Waals surface area (Å²) in [5.41, 5.74) is 6.24. The molecular weight excluding hydrogens is 664 g/mol. The van der Waals surface area contributed by atoms with Crippen LogP contribution in [0.25, 0.3) is 22.2 Å². The number of rotatable bonds is 2. The largest absolute Gasteiger partial charge is 0.387 e. The number of anilines is 1. The van der Waals surface area contributed by atoms with Gasteiger partial charge in [0.15, 0.2) is 23.6 Å². The molecule has 44 heavy (non-hydrogen) atoms. The molecule has 0 aliphatic carbocycles. The number of nitrogens with two attached hydrogens (primary N) is 1. The van der Waals surface area contributed by atoms with Gasteiger partial charge in [-0.2, -0.15) is 4.98 Å². The van der Waals surface area contributed by atoms with E-state index in [4.69, 9.17) is 33.3 Å². The van der Waals surface area contributed by atoms with E-state index in [2.05, 4.69) is 44.4 Å². The predicted molar refractivity (Wildman–Crippen MR) is 157 cm³/mol. The Morgan fingerprint density at radius 1 is 0.909 bits per heavy atom. The van der Waals surface area contributed by atoms with Crippen molar-refractivity contribution in [2.45, 2.75) is 49.1 Å². The number of hydrogen-bond donors (Lipinski definition) is 6. The number of imidazole rings is 2. The van der Waals surface area contributed by atoms with Crippen molar-refractivity contribution >= 4 is 66.2 Å². The SMILES string of the molecule is Nc1nc2c(ncn2[C@@H]2O[C@@H]3COP(=O)(S)OC4C(O)[C@H](n5cnc6ccccc65)O[C@@H]4COP(=O)(S)OC2C3O)c(=O)[nH]1. The van der Waals surface area contributed by atoms with E-state index >= 15 is 0 Å². The number of H-pyrrole nitrogens is 1. The molecule has 0 saturated carbocycles. The van der Waals surface area contributed by atoms with Gasteiger partial charge in [-0.3, -0.25) is 32.4 Å². The predicted octanol–water partition coefficient (Wildman–Crippen LogP) is 1.16. The van der Waals surface area contributed by atoms with Crippen molar-refractivity contribution in [1.82, 2.24) is 29.1 Å². The van der Waals surface area contributed by atoms with Crippen LogP contribution in [0.5, 0.6) is 0 Å². The van der Waals surface area contributed by atoms with Crippen LogP contribution < -0.4 is 11.3 Å². The van der Waals surface area contributed by atoms with E-state index in [1.807, 2.05) is 0 Å². The van der Waals surface area contributed by atoms with Crippen LogP contribution in [0.15, 0.2) is 41.7 Å². The molecule has 5 N–H and O–H groups in total. The van der Waals surface area contributed by atoms with E-state index in [9.17, 15) is 24.1 Å². The van der Waals surface area contributed by atoms with Gasteiger partial charge in [0.2, 0.25) is 5.95 Å². The van der Waals surface area contributed by atoms with Crippen molar-refractivity contribution in [2.24, 2.45) is 0 Å². The van der Waals surface area contributed by atoms with E-state index in [0.29, 0.717) is 11.0 Å². The van der Waals surface area contributed by atoms with Crippen LogP contribution in [0.3, 0.4) is 0 Å². The summed E-state index contributed by atoms with van der Waals surface area (Å²) >= 11 is 8.16. The molecule has 1 aromatic carbocycles. The second-order valence-corrected chi connectivity index (χ2v) is 15.9. The number of aromatic amines is 1. The Hall–Kier alpha value is -2.32. The minimum absolute atomic E-state index is 0.0212. The number of thiol groups is 2. The highest BCUT2D eigenvalue weighted by molar-refractivity contribution is 8.44. The Balaban J connectivity index is 1.21. The third-order valence-electron chi connectivity index (χ3n) is 7.42. The molecule has 18 nitrogen and oxygen atoms in total. The fraction of sp³-hybridized carbons (Fsp3) is 0.455. The molecular formula is C22H25N7O11P2S2. The number of aliphatic hydroxyl groups excluding tert-OH is 2. The Kier molecular flexibility index (Phi) is 7.71. The summed E-state index contributed by atoms with van der Waals surface area (Å²) in [6, 6.07) is 7.13. The van der Waals surface area contributed by atoms with E-state index in [1.54, 1.807) is 28.8 Å². The van der Waals surface area contributed by atoms with E-state index in [-0.39, 0.29) is 17.1 Å². The van der Waals surface area contributed by atoms with E-state index in [1.165, 1.54) is 17.2 Å². The zero-order valence-corrected chi connectivity index (χ0v) is 25.7. The second kappa shape index (κ2) is 11.2. The molecule has 6 unspecified atom stereocenters. The highest BCUT2D eigenvalue weighted by atomic mass is 32.7. The Labute approximate surface area is 257 Å². The summed E-state index contributed by atoms with van der Waals surface area (Å²) in [6.45, 7) is -9.69. The molecule has 22 heteroatoms. The van der Waals surface area contributed by atoms with Crippen LogP contribution in [-0.4, -0.2) is 89.1 Å². The maximum absolute atomic E-state index is 13.5. The maximum atomic E-state index is 13.5. The molecule has 0 radical (unpaired) electrons. The van der Waals surface area contributed by atoms with Gasteiger partial charge >= 0.3 is 13.6 Å². The van der Waals surface area contributed by atoms with Gasteiger partial charge in [0.05, 0.1) is 36.9 Å². The molecule has 2 bridgehead atoms. The number of hydrogen-bond acceptors (Lipinski definition) is 15. The van der Waals surface area contributed by atoms with Crippen LogP contribution >= 0.6 is 38.1 Å². The summed E-state index contributed by atoms with van der Waals surface area (Å²) < 4.78 is 64.1. The summed E-state index contributed by atoms with van der Waals surface area (Å²) in [7, 11) is 0. The Bertz CT molecular complexity index is 1890. The highest BCUT2D eigenvalue weighted by Gasteiger charge is 2.53. The zero-order chi connectivity index (χ0) is 31.0. The number of nitrogen functional groups attached to an aromatic ring is 1. The first kappa shape index (κ1) is 30.3. The third-order valence-corrected chi connectivity index (χ3v) is 10.6. The fourth-order valence-electron chi connectivity index (χ4n) is 5.42. The second-order valence-electron chi connectivity index (χ2n) is 10.2. The number of aromatic nitrogens is 6. The summed E-state index contributed by atoms with van der Waals surface area (Å²) in [5, 5.41) is 22.4. The molecule has 3 saturated heterocycles. The quantitative estimate of drug-likeness (QED) is 0.128. The summed E-state index contributed by atoms with van der Waals surface area (Å²) in [4.78, 5) is 27.1. The smallest absolute Gasteiger partial charge is 0.386 e. The minimum atomic E-state index is -4.33. The first-order valence-electron chi connectivity index (χ1n) is 13.0. The maximum Gasteiger partial charge on any atom is 0.386 e. The van der Waals surface area contributed by atoms with Crippen LogP contribution in [0, 0.1) is 0 Å². The van der Waals surface area contributed by atoms with Gasteiger partial charge in [0.25, 0.3) is 5.56 Å². The molecule has 0 spiro atoms. The van der Waals surface area contributed by atoms with Gasteiger partial charge in [-0.25, -0.2) is 19.1 Å². The molecule has 6 heterocycles. The molecule has 3 aliphatic rings. The highest BCUT2D eigenvalue weighted by Crippen LogP contribution is 2.60. The number of nitrogens with one attached hydrogen (secondary N) is 1. The van der Waals surface area contributed by atoms with Crippen molar-refractivity contribution in [3.05, 3.63) is 47.3 Å². The van der Waals surface area contributed by atoms with Gasteiger partial charge in [-0.05, 0) is 12.1 Å². The molecule has 10 atom stereocenters. The minimum Gasteiger partial charge on any atom is -0.387 e. The normalized spacial score (nSPS) is 38.3. The topological polar surface area (TPSA) is 237 Å². The van der Waals surface area contributed by atoms with Crippen molar-refractivity contribution in [2.75, 3.05) is 18.9 Å². The molecule has 7 rings (SSSR count). The molecule has 236 valence electrons. The average molecular weight is 690 g/mol. The number of fused-ring (bicyclic) bond motifs is 5. The van der Waals surface area contributed by atoms with Gasteiger partial charge in [-0.1, -0.05) is 36.6 Å². The lowest BCUT2D eigenvalue weighted by atomic mass is 10.1. The van der Waals surface area contributed by atoms with Crippen molar-refractivity contribution < 1.29 is 46.9 Å². The molecule has 3 aromatic heterocycles. The lowest BCUT2D eigenvalue weighted by molar-refractivity contribution is -0.0574. The number of aliphatic hydroxyl groups is 2. The van der Waals surface area contributed by atoms with Gasteiger partial charge in [0.1, 0.15) is 36.6 Å². The van der Waals surface area contributed by atoms with E-state index < -0.39 is 81.4 Å². The number of nitrogens with zero attached hydrogens (tertiary/aromatic N) is 5. The average Bonchev–Trinajstić information content (AvgIpc) is 3.72. The van der Waals surface area contributed by atoms with E-state index in [0.717, 1.165) is 0 Å². The van der Waals surface area contributed by atoms with Gasteiger partial charge in [0, 0.05) is 0 Å². The summed E-state index contributed by atoms with van der Waals surface area (Å²) in [6.07, 6.45) is -7.95. The molecule has 3 aliphatic heterocycles. The summed E-state index contributed by atoms with van der Waals surface area (Å²) in [5.74, 6) is -0.214. The molecule has 0 amide bonds. The lowest BCUT2D eigenvalue weighted by Gasteiger charge is -2.26. The van der Waals surface area contributed by atoms with Crippen molar-refractivity contribution in [1.29, 1.82) is 0 Å². The van der Waals surface area contributed by atoms with Crippen molar-refractivity contribution in [3.8, 4) is 0 Å². The fourth-order valence-corrected chi connectivity index (χ4v) is 8.37. The first-order chi connectivity index (χ1) is 20.9. The third kappa shape index (κ3) is 5.42. The van der Waals surface area contributed by atoms with Crippen LogP contribution in [-0.2, 0) is 36.7 Å². The van der Waals surface area contributed by atoms with Crippen LogP contribution in [0.1, 0.15) is 12.5 Å². The zero-order valence-electron chi connectivity index (χ0n) is 22.2. The van der Waals surface area contributed by atoms with Crippen molar-refractivity contribution in [3.63, 3.8) is 0 Å². The lowest BCUT2D eigenvalue weighted by Crippen LogP contribution is -2.35. The Morgan fingerprint density at radius 2 is 1.57 bits per heavy atom. The van der Waals surface area contributed by atoms with Crippen LogP contribution in [0.2, 0.25) is 0 Å². The van der Waals surface area contributed by atoms with Gasteiger partial charge < -0.3 is 30.0 Å². The number of ether oxygens (including phenoxy) is 2. The van der Waals surface area contributed by atoms with Gasteiger partial charge in [-0.15, -0.1) is 0 Å². The monoisotopic (exact) mass is 689 g/mol.